The van der Waals surface area contributed by atoms with Crippen LogP contribution in [0.15, 0.2) is 194 Å². The van der Waals surface area contributed by atoms with E-state index in [2.05, 4.69) is 0 Å². The van der Waals surface area contributed by atoms with Gasteiger partial charge < -0.3 is 18.9 Å². The Morgan fingerprint density at radius 3 is 0.961 bits per heavy atom. The van der Waals surface area contributed by atoms with Gasteiger partial charge in [0.2, 0.25) is 0 Å². The van der Waals surface area contributed by atoms with Gasteiger partial charge in [-0.15, -0.1) is 0 Å². The predicted octanol–water partition coefficient (Wildman–Crippen LogP) is 17.4. The molecule has 13 heteroatoms. The molecule has 77 heavy (non-hydrogen) atoms. The molecule has 0 aliphatic rings. The Hall–Kier alpha value is -8.94. The van der Waals surface area contributed by atoms with Crippen LogP contribution in [0.1, 0.15) is 11.1 Å². The summed E-state index contributed by atoms with van der Waals surface area (Å²) in [5.74, 6) is -15.4. The van der Waals surface area contributed by atoms with Gasteiger partial charge >= 0.3 is 0 Å². The highest BCUT2D eigenvalue weighted by Crippen LogP contribution is 2.45. The van der Waals surface area contributed by atoms with Crippen molar-refractivity contribution >= 4 is 96.2 Å². The van der Waals surface area contributed by atoms with Crippen molar-refractivity contribution in [1.29, 1.82) is 0 Å². The average molecular weight is 1050 g/mol. The number of rotatable bonds is 10. The van der Waals surface area contributed by atoms with E-state index < -0.39 is 76.4 Å². The summed E-state index contributed by atoms with van der Waals surface area (Å²) in [5.41, 5.74) is 4.54. The minimum absolute atomic E-state index is 0.120. The van der Waals surface area contributed by atoms with Gasteiger partial charge in [0.1, 0.15) is 19.4 Å². The summed E-state index contributed by atoms with van der Waals surface area (Å²) in [6.45, 7) is 5.55. The van der Waals surface area contributed by atoms with Crippen LogP contribution in [0.3, 0.4) is 0 Å². The summed E-state index contributed by atoms with van der Waals surface area (Å²) in [6.07, 6.45) is 0. The van der Waals surface area contributed by atoms with E-state index in [4.69, 9.17) is 0 Å². The van der Waals surface area contributed by atoms with E-state index in [1.54, 1.807) is 74.5 Å². The zero-order valence-corrected chi connectivity index (χ0v) is 42.8. The second-order valence-electron chi connectivity index (χ2n) is 19.7. The monoisotopic (exact) mass is 1050 g/mol. The van der Waals surface area contributed by atoms with E-state index in [1.165, 1.54) is 24.3 Å². The molecule has 10 aromatic carbocycles. The molecule has 2 aromatic heterocycles. The Bertz CT molecular complexity index is 3970. The highest BCUT2D eigenvalue weighted by Gasteiger charge is 2.45. The summed E-state index contributed by atoms with van der Waals surface area (Å²) in [4.78, 5) is 2.07. The van der Waals surface area contributed by atoms with E-state index in [0.717, 1.165) is 78.2 Å². The number of halogens is 8. The normalized spacial score (nSPS) is 11.9. The number of anilines is 6. The van der Waals surface area contributed by atoms with Gasteiger partial charge in [0.05, 0.1) is 22.1 Å². The van der Waals surface area contributed by atoms with E-state index in [1.807, 2.05) is 118 Å². The van der Waals surface area contributed by atoms with E-state index in [9.17, 15) is 0 Å². The van der Waals surface area contributed by atoms with Gasteiger partial charge in [-0.1, -0.05) is 121 Å². The van der Waals surface area contributed by atoms with Crippen LogP contribution in [0.25, 0.3) is 55.0 Å². The Morgan fingerprint density at radius 2 is 0.610 bits per heavy atom. The molecule has 0 amide bonds. The maximum atomic E-state index is 17.3. The van der Waals surface area contributed by atoms with Crippen molar-refractivity contribution in [1.82, 2.24) is 9.13 Å². The maximum Gasteiger partial charge on any atom is 0.185 e. The number of hydrogen-bond acceptors (Lipinski definition) is 2. The fraction of sp³-hybridized carbons (Fsp3) is 0.0625. The first-order chi connectivity index (χ1) is 37.1. The molecule has 0 saturated carbocycles. The van der Waals surface area contributed by atoms with Gasteiger partial charge in [-0.25, -0.2) is 35.1 Å². The summed E-state index contributed by atoms with van der Waals surface area (Å²) < 4.78 is 142. The van der Waals surface area contributed by atoms with Crippen molar-refractivity contribution < 1.29 is 35.1 Å². The molecule has 12 rings (SSSR count). The first-order valence-corrected chi connectivity index (χ1v) is 27.8. The van der Waals surface area contributed by atoms with Crippen molar-refractivity contribution in [2.45, 2.75) is 26.9 Å². The summed E-state index contributed by atoms with van der Waals surface area (Å²) in [6, 6.07) is 56.9. The van der Waals surface area contributed by atoms with Crippen LogP contribution in [0.4, 0.5) is 69.2 Å². The molecule has 0 radical (unpaired) electrons. The molecule has 380 valence electrons. The molecule has 0 bridgehead atoms. The van der Waals surface area contributed by atoms with Crippen molar-refractivity contribution in [2.75, 3.05) is 9.80 Å². The molecule has 4 nitrogen and oxygen atoms in total. The molecule has 0 aliphatic heterocycles. The zero-order chi connectivity index (χ0) is 53.6. The van der Waals surface area contributed by atoms with Crippen LogP contribution in [0.5, 0.6) is 0 Å². The minimum atomic E-state index is -4.90. The van der Waals surface area contributed by atoms with Gasteiger partial charge in [0, 0.05) is 66.0 Å². The Balaban J connectivity index is 1.01. The standard InChI is InChI=1S/C64H44F8N4Si/c1-37-23-27-41(28-24-37)73(43-31-33-51-47(35-43)45-19-11-13-21-49(45)75(51)39-15-7-5-8-16-39)61-53(65)57(69)63(58(70)54(61)66)77(3,4)64-59(71)55(67)62(56(68)60(64)72)74(42-29-25-38(2)26-30-42)44-32-34-52-48(36-44)46-20-12-14-22-50(46)76(52)40-17-9-6-10-18-40/h5-36H,1-4H3. The van der Waals surface area contributed by atoms with Crippen LogP contribution >= 0.6 is 0 Å². The predicted molar refractivity (Wildman–Crippen MR) is 297 cm³/mol. The number of benzene rings is 10. The molecule has 0 saturated heterocycles. The first-order valence-electron chi connectivity index (χ1n) is 24.8. The molecule has 0 atom stereocenters. The topological polar surface area (TPSA) is 16.3 Å². The number of para-hydroxylation sites is 4. The van der Waals surface area contributed by atoms with E-state index in [-0.39, 0.29) is 22.7 Å². The average Bonchev–Trinajstić information content (AvgIpc) is 3.99. The lowest BCUT2D eigenvalue weighted by Gasteiger charge is -2.32. The summed E-state index contributed by atoms with van der Waals surface area (Å²) in [5, 5.41) is 0.151. The Morgan fingerprint density at radius 1 is 0.312 bits per heavy atom. The minimum Gasteiger partial charge on any atom is -0.309 e. The molecule has 0 spiro atoms. The summed E-state index contributed by atoms with van der Waals surface area (Å²) >= 11 is 0. The number of fused-ring (bicyclic) bond motifs is 6. The van der Waals surface area contributed by atoms with Gasteiger partial charge in [0.15, 0.2) is 46.5 Å². The fourth-order valence-corrected chi connectivity index (χ4v) is 13.9. The smallest absolute Gasteiger partial charge is 0.185 e. The second kappa shape index (κ2) is 18.7. The SMILES string of the molecule is Cc1ccc(N(c2ccc3c(c2)c2ccccc2n3-c2ccccc2)c2c(F)c(F)c([Si](C)(C)c3c(F)c(F)c(N(c4ccc(C)cc4)c4ccc5c(c4)c4ccccc4n5-c4ccccc4)c(F)c3F)c(F)c2F)cc1. The van der Waals surface area contributed by atoms with Gasteiger partial charge in [-0.3, -0.25) is 0 Å². The fourth-order valence-electron chi connectivity index (χ4n) is 11.0. The van der Waals surface area contributed by atoms with Gasteiger partial charge in [-0.2, -0.15) is 0 Å². The molecule has 0 aliphatic carbocycles. The van der Waals surface area contributed by atoms with Crippen molar-refractivity contribution in [2.24, 2.45) is 0 Å². The lowest BCUT2D eigenvalue weighted by atomic mass is 10.1. The number of aromatic nitrogens is 2. The first kappa shape index (κ1) is 49.0. The summed E-state index contributed by atoms with van der Waals surface area (Å²) in [7, 11) is -4.90. The van der Waals surface area contributed by atoms with E-state index >= 15 is 35.1 Å². The largest absolute Gasteiger partial charge is 0.309 e. The highest BCUT2D eigenvalue weighted by molar-refractivity contribution is 7.00. The quantitative estimate of drug-likeness (QED) is 0.0771. The molecule has 0 N–H and O–H groups in total. The van der Waals surface area contributed by atoms with Crippen molar-refractivity contribution in [3.05, 3.63) is 252 Å². The van der Waals surface area contributed by atoms with Crippen LogP contribution < -0.4 is 20.2 Å². The van der Waals surface area contributed by atoms with Crippen LogP contribution in [-0.4, -0.2) is 17.2 Å². The lowest BCUT2D eigenvalue weighted by Crippen LogP contribution is -2.59. The molecule has 2 heterocycles. The second-order valence-corrected chi connectivity index (χ2v) is 24.0. The number of hydrogen-bond donors (Lipinski definition) is 0. The van der Waals surface area contributed by atoms with E-state index in [0.29, 0.717) is 10.8 Å². The third kappa shape index (κ3) is 7.78. The number of aryl methyl sites for hydroxylation is 2. The Kier molecular flexibility index (Phi) is 11.9. The molecular formula is C64H44F8N4Si. The van der Waals surface area contributed by atoms with Crippen molar-refractivity contribution in [3.8, 4) is 11.4 Å². The zero-order valence-electron chi connectivity index (χ0n) is 41.8. The molecule has 0 unspecified atom stereocenters. The van der Waals surface area contributed by atoms with Gasteiger partial charge in [0.25, 0.3) is 0 Å². The highest BCUT2D eigenvalue weighted by atomic mass is 28.3. The third-order valence-electron chi connectivity index (χ3n) is 14.6. The molecular weight excluding hydrogens is 1000 g/mol. The van der Waals surface area contributed by atoms with Crippen LogP contribution in [0.2, 0.25) is 13.1 Å². The Labute approximate surface area is 438 Å². The van der Waals surface area contributed by atoms with Gasteiger partial charge in [-0.05, 0) is 111 Å². The van der Waals surface area contributed by atoms with Crippen LogP contribution in [0, 0.1) is 60.4 Å². The molecule has 12 aromatic rings. The molecule has 0 fully saturated rings. The van der Waals surface area contributed by atoms with Crippen LogP contribution in [-0.2, 0) is 0 Å². The number of nitrogens with zero attached hydrogens (tertiary/aromatic N) is 4. The maximum absolute atomic E-state index is 17.3. The third-order valence-corrected chi connectivity index (χ3v) is 18.0. The lowest BCUT2D eigenvalue weighted by molar-refractivity contribution is 0.461. The van der Waals surface area contributed by atoms with Crippen molar-refractivity contribution in [3.63, 3.8) is 0 Å².